The van der Waals surface area contributed by atoms with Crippen LogP contribution in [-0.4, -0.2) is 47.9 Å². The third kappa shape index (κ3) is 5.29. The molecule has 0 saturated carbocycles. The maximum atomic E-state index is 12.6. The first-order valence-corrected chi connectivity index (χ1v) is 10.1. The minimum absolute atomic E-state index is 0.0594. The van der Waals surface area contributed by atoms with Crippen molar-refractivity contribution >= 4 is 40.1 Å². The van der Waals surface area contributed by atoms with Crippen LogP contribution in [0, 0.1) is 0 Å². The van der Waals surface area contributed by atoms with Crippen molar-refractivity contribution in [3.63, 3.8) is 0 Å². The topological polar surface area (TPSA) is 80.2 Å². The van der Waals surface area contributed by atoms with Crippen molar-refractivity contribution in [1.29, 1.82) is 0 Å². The molecule has 1 heterocycles. The molecular formula is C21H23N3O4S. The highest BCUT2D eigenvalue weighted by molar-refractivity contribution is 8.15. The van der Waals surface area contributed by atoms with Crippen LogP contribution in [0.15, 0.2) is 53.5 Å². The first-order valence-electron chi connectivity index (χ1n) is 9.20. The van der Waals surface area contributed by atoms with Gasteiger partial charge in [-0.3, -0.25) is 14.5 Å². The molecule has 1 saturated heterocycles. The van der Waals surface area contributed by atoms with Gasteiger partial charge in [0.05, 0.1) is 19.4 Å². The summed E-state index contributed by atoms with van der Waals surface area (Å²) in [5.41, 5.74) is 1.32. The minimum atomic E-state index is -0.514. The first kappa shape index (κ1) is 20.7. The highest BCUT2D eigenvalue weighted by Crippen LogP contribution is 2.31. The number of ether oxygens (including phenoxy) is 2. The Morgan fingerprint density at radius 3 is 2.72 bits per heavy atom. The van der Waals surface area contributed by atoms with Crippen LogP contribution in [0.4, 0.5) is 11.4 Å². The number of aliphatic imine (C=N–C) groups is 1. The first-order chi connectivity index (χ1) is 14.0. The monoisotopic (exact) mass is 413 g/mol. The number of rotatable bonds is 7. The molecule has 1 aliphatic rings. The van der Waals surface area contributed by atoms with E-state index in [1.807, 2.05) is 37.3 Å². The fraction of sp³-hybridized carbons (Fsp3) is 0.286. The van der Waals surface area contributed by atoms with Gasteiger partial charge in [-0.25, -0.2) is 4.99 Å². The molecule has 1 aliphatic heterocycles. The van der Waals surface area contributed by atoms with E-state index >= 15 is 0 Å². The van der Waals surface area contributed by atoms with Crippen LogP contribution >= 0.6 is 11.8 Å². The number of carbonyl (C=O) groups excluding carboxylic acids is 2. The van der Waals surface area contributed by atoms with Crippen molar-refractivity contribution in [1.82, 2.24) is 4.90 Å². The quantitative estimate of drug-likeness (QED) is 0.749. The summed E-state index contributed by atoms with van der Waals surface area (Å²) < 4.78 is 10.6. The summed E-state index contributed by atoms with van der Waals surface area (Å²) in [5.74, 6) is 0.994. The van der Waals surface area contributed by atoms with Crippen LogP contribution < -0.4 is 14.8 Å². The van der Waals surface area contributed by atoms with Gasteiger partial charge >= 0.3 is 0 Å². The standard InChI is InChI=1S/C21H23N3O4S/c1-4-28-17-10-6-7-14(12-17)22-19(25)13-18-20(26)24(2)21(29-18)23-15-8-5-9-16(11-15)27-3/h5-12,18H,4,13H2,1-3H3,(H,22,25)/t18-/m1/s1. The Morgan fingerprint density at radius 2 is 1.97 bits per heavy atom. The highest BCUT2D eigenvalue weighted by atomic mass is 32.2. The van der Waals surface area contributed by atoms with Gasteiger partial charge < -0.3 is 14.8 Å². The lowest BCUT2D eigenvalue weighted by Gasteiger charge is -2.10. The van der Waals surface area contributed by atoms with Crippen molar-refractivity contribution in [2.24, 2.45) is 4.99 Å². The van der Waals surface area contributed by atoms with Crippen LogP contribution in [0.5, 0.6) is 11.5 Å². The lowest BCUT2D eigenvalue weighted by atomic mass is 10.2. The molecule has 2 amide bonds. The zero-order chi connectivity index (χ0) is 20.8. The number of hydrogen-bond acceptors (Lipinski definition) is 6. The summed E-state index contributed by atoms with van der Waals surface area (Å²) in [7, 11) is 3.25. The second kappa shape index (κ2) is 9.47. The van der Waals surface area contributed by atoms with Gasteiger partial charge in [0.25, 0.3) is 0 Å². The average molecular weight is 413 g/mol. The number of nitrogens with one attached hydrogen (secondary N) is 1. The number of carbonyl (C=O) groups is 2. The smallest absolute Gasteiger partial charge is 0.242 e. The van der Waals surface area contributed by atoms with Crippen molar-refractivity contribution < 1.29 is 19.1 Å². The largest absolute Gasteiger partial charge is 0.497 e. The molecule has 0 aliphatic carbocycles. The maximum Gasteiger partial charge on any atom is 0.242 e. The Labute approximate surface area is 174 Å². The predicted octanol–water partition coefficient (Wildman–Crippen LogP) is 3.68. The zero-order valence-electron chi connectivity index (χ0n) is 16.5. The fourth-order valence-corrected chi connectivity index (χ4v) is 3.95. The van der Waals surface area contributed by atoms with E-state index in [1.54, 1.807) is 32.4 Å². The molecule has 1 N–H and O–H groups in total. The minimum Gasteiger partial charge on any atom is -0.497 e. The van der Waals surface area contributed by atoms with E-state index in [4.69, 9.17) is 9.47 Å². The van der Waals surface area contributed by atoms with Gasteiger partial charge in [0.15, 0.2) is 5.17 Å². The molecule has 0 radical (unpaired) electrons. The summed E-state index contributed by atoms with van der Waals surface area (Å²) in [6.45, 7) is 2.45. The average Bonchev–Trinajstić information content (AvgIpc) is 2.96. The number of nitrogens with zero attached hydrogens (tertiary/aromatic N) is 2. The number of amides is 2. The summed E-state index contributed by atoms with van der Waals surface area (Å²) in [5, 5.41) is 2.86. The summed E-state index contributed by atoms with van der Waals surface area (Å²) in [6.07, 6.45) is 0.0594. The molecule has 29 heavy (non-hydrogen) atoms. The molecule has 0 aromatic heterocycles. The molecule has 0 bridgehead atoms. The second-order valence-corrected chi connectivity index (χ2v) is 7.48. The van der Waals surface area contributed by atoms with E-state index < -0.39 is 5.25 Å². The zero-order valence-corrected chi connectivity index (χ0v) is 17.4. The lowest BCUT2D eigenvalue weighted by Crippen LogP contribution is -2.30. The van der Waals surface area contributed by atoms with Crippen molar-refractivity contribution in [3.8, 4) is 11.5 Å². The number of anilines is 1. The number of benzene rings is 2. The van der Waals surface area contributed by atoms with Gasteiger partial charge in [0, 0.05) is 31.3 Å². The molecule has 1 fully saturated rings. The van der Waals surface area contributed by atoms with E-state index in [1.165, 1.54) is 16.7 Å². The predicted molar refractivity (Wildman–Crippen MR) is 115 cm³/mol. The maximum absolute atomic E-state index is 12.6. The van der Waals surface area contributed by atoms with Gasteiger partial charge in [-0.05, 0) is 31.2 Å². The third-order valence-corrected chi connectivity index (χ3v) is 5.45. The van der Waals surface area contributed by atoms with Gasteiger partial charge in [-0.1, -0.05) is 23.9 Å². The molecule has 152 valence electrons. The Balaban J connectivity index is 1.65. The van der Waals surface area contributed by atoms with E-state index in [0.717, 1.165) is 0 Å². The van der Waals surface area contributed by atoms with E-state index in [0.29, 0.717) is 34.6 Å². The molecule has 8 heteroatoms. The number of methoxy groups -OCH3 is 1. The summed E-state index contributed by atoms with van der Waals surface area (Å²) in [4.78, 5) is 31.0. The Bertz CT molecular complexity index is 932. The lowest BCUT2D eigenvalue weighted by molar-refractivity contribution is -0.127. The molecule has 3 rings (SSSR count). The molecule has 0 unspecified atom stereocenters. The van der Waals surface area contributed by atoms with Crippen molar-refractivity contribution in [2.45, 2.75) is 18.6 Å². The Morgan fingerprint density at radius 1 is 1.21 bits per heavy atom. The number of amidine groups is 1. The van der Waals surface area contributed by atoms with Crippen LogP contribution in [0.2, 0.25) is 0 Å². The molecule has 0 spiro atoms. The Hall–Kier alpha value is -3.00. The van der Waals surface area contributed by atoms with E-state index in [9.17, 15) is 9.59 Å². The molecule has 2 aromatic carbocycles. The fourth-order valence-electron chi connectivity index (χ4n) is 2.80. The van der Waals surface area contributed by atoms with E-state index in [2.05, 4.69) is 10.3 Å². The molecule has 2 aromatic rings. The van der Waals surface area contributed by atoms with Crippen LogP contribution in [-0.2, 0) is 9.59 Å². The number of hydrogen-bond donors (Lipinski definition) is 1. The number of thioether (sulfide) groups is 1. The molecular weight excluding hydrogens is 390 g/mol. The van der Waals surface area contributed by atoms with Crippen LogP contribution in [0.3, 0.4) is 0 Å². The van der Waals surface area contributed by atoms with Crippen LogP contribution in [0.1, 0.15) is 13.3 Å². The second-order valence-electron chi connectivity index (χ2n) is 6.31. The Kier molecular flexibility index (Phi) is 6.77. The van der Waals surface area contributed by atoms with Gasteiger partial charge in [0.1, 0.15) is 16.7 Å². The van der Waals surface area contributed by atoms with Gasteiger partial charge in [0.2, 0.25) is 11.8 Å². The molecule has 7 nitrogen and oxygen atoms in total. The van der Waals surface area contributed by atoms with Crippen LogP contribution in [0.25, 0.3) is 0 Å². The van der Waals surface area contributed by atoms with E-state index in [-0.39, 0.29) is 18.2 Å². The normalized spacial score (nSPS) is 17.5. The third-order valence-electron chi connectivity index (χ3n) is 4.22. The summed E-state index contributed by atoms with van der Waals surface area (Å²) in [6, 6.07) is 14.5. The van der Waals surface area contributed by atoms with Crippen molar-refractivity contribution in [2.75, 3.05) is 26.1 Å². The molecule has 1 atom stereocenters. The van der Waals surface area contributed by atoms with Crippen molar-refractivity contribution in [3.05, 3.63) is 48.5 Å². The SMILES string of the molecule is CCOc1cccc(NC(=O)C[C@H]2SC(=Nc3cccc(OC)c3)N(C)C2=O)c1. The van der Waals surface area contributed by atoms with Gasteiger partial charge in [-0.2, -0.15) is 0 Å². The highest BCUT2D eigenvalue weighted by Gasteiger charge is 2.37. The summed E-state index contributed by atoms with van der Waals surface area (Å²) >= 11 is 1.29. The van der Waals surface area contributed by atoms with Gasteiger partial charge in [-0.15, -0.1) is 0 Å².